The molecule has 1 N–H and O–H groups in total. The van der Waals surface area contributed by atoms with E-state index in [1.165, 1.54) is 12.1 Å². The number of carbonyl (C=O) groups excluding carboxylic acids is 1. The molecule has 23 heavy (non-hydrogen) atoms. The molecule has 0 radical (unpaired) electrons. The van der Waals surface area contributed by atoms with E-state index in [9.17, 15) is 27.6 Å². The van der Waals surface area contributed by atoms with Crippen molar-refractivity contribution in [3.63, 3.8) is 0 Å². The highest BCUT2D eigenvalue weighted by Gasteiger charge is 2.33. The SMILES string of the molecule is COC(=O)c1cc(-n2c(=O)cc(C(F)(F)F)[nH]c2=O)ccc1Cl. The van der Waals surface area contributed by atoms with Crippen LogP contribution in [0.5, 0.6) is 0 Å². The van der Waals surface area contributed by atoms with E-state index in [0.717, 1.165) is 13.2 Å². The van der Waals surface area contributed by atoms with Gasteiger partial charge in [-0.1, -0.05) is 11.6 Å². The molecule has 6 nitrogen and oxygen atoms in total. The molecule has 0 aliphatic rings. The van der Waals surface area contributed by atoms with Crippen molar-refractivity contribution in [1.29, 1.82) is 0 Å². The molecule has 0 aliphatic carbocycles. The van der Waals surface area contributed by atoms with Crippen molar-refractivity contribution in [2.45, 2.75) is 6.18 Å². The van der Waals surface area contributed by atoms with E-state index < -0.39 is 29.1 Å². The predicted molar refractivity (Wildman–Crippen MR) is 74.0 cm³/mol. The fourth-order valence-corrected chi connectivity index (χ4v) is 2.01. The number of nitrogens with one attached hydrogen (secondary N) is 1. The fourth-order valence-electron chi connectivity index (χ4n) is 1.81. The lowest BCUT2D eigenvalue weighted by atomic mass is 10.2. The largest absolute Gasteiger partial charge is 0.465 e. The molecule has 0 atom stereocenters. The molecule has 2 aromatic rings. The van der Waals surface area contributed by atoms with Crippen LogP contribution in [0, 0.1) is 0 Å². The molecule has 0 spiro atoms. The quantitative estimate of drug-likeness (QED) is 0.841. The first-order valence-corrected chi connectivity index (χ1v) is 6.34. The summed E-state index contributed by atoms with van der Waals surface area (Å²) in [6.45, 7) is 0. The number of carbonyl (C=O) groups is 1. The number of aromatic amines is 1. The number of benzene rings is 1. The van der Waals surface area contributed by atoms with E-state index >= 15 is 0 Å². The molecule has 10 heteroatoms. The summed E-state index contributed by atoms with van der Waals surface area (Å²) in [4.78, 5) is 36.7. The van der Waals surface area contributed by atoms with E-state index in [-0.39, 0.29) is 22.3 Å². The van der Waals surface area contributed by atoms with Crippen molar-refractivity contribution in [1.82, 2.24) is 9.55 Å². The Hall–Kier alpha value is -2.55. The van der Waals surface area contributed by atoms with Gasteiger partial charge in [-0.25, -0.2) is 14.2 Å². The van der Waals surface area contributed by atoms with Crippen molar-refractivity contribution < 1.29 is 22.7 Å². The number of halogens is 4. The van der Waals surface area contributed by atoms with Crippen molar-refractivity contribution in [3.8, 4) is 5.69 Å². The molecular formula is C13H8ClF3N2O4. The summed E-state index contributed by atoms with van der Waals surface area (Å²) in [5, 5.41) is -0.00279. The van der Waals surface area contributed by atoms with E-state index in [4.69, 9.17) is 11.6 Å². The zero-order chi connectivity index (χ0) is 17.4. The van der Waals surface area contributed by atoms with Crippen LogP contribution in [0.1, 0.15) is 16.1 Å². The monoisotopic (exact) mass is 348 g/mol. The van der Waals surface area contributed by atoms with Crippen LogP contribution in [-0.4, -0.2) is 22.6 Å². The summed E-state index contributed by atoms with van der Waals surface area (Å²) < 4.78 is 42.6. The molecule has 0 bridgehead atoms. The number of nitrogens with zero attached hydrogens (tertiary/aromatic N) is 1. The summed E-state index contributed by atoms with van der Waals surface area (Å²) >= 11 is 5.80. The van der Waals surface area contributed by atoms with Gasteiger partial charge in [-0.05, 0) is 18.2 Å². The zero-order valence-electron chi connectivity index (χ0n) is 11.4. The summed E-state index contributed by atoms with van der Waals surface area (Å²) in [7, 11) is 1.10. The van der Waals surface area contributed by atoms with Gasteiger partial charge < -0.3 is 9.72 Å². The number of hydrogen-bond acceptors (Lipinski definition) is 4. The van der Waals surface area contributed by atoms with E-state index in [1.807, 2.05) is 0 Å². The number of hydrogen-bond donors (Lipinski definition) is 1. The lowest BCUT2D eigenvalue weighted by molar-refractivity contribution is -0.141. The number of rotatable bonds is 2. The lowest BCUT2D eigenvalue weighted by Crippen LogP contribution is -2.35. The van der Waals surface area contributed by atoms with Crippen LogP contribution in [0.3, 0.4) is 0 Å². The minimum absolute atomic E-state index is 0.00279. The molecule has 1 heterocycles. The Morgan fingerprint density at radius 2 is 1.91 bits per heavy atom. The molecule has 0 saturated heterocycles. The minimum atomic E-state index is -4.87. The van der Waals surface area contributed by atoms with E-state index in [1.54, 1.807) is 4.98 Å². The van der Waals surface area contributed by atoms with E-state index in [2.05, 4.69) is 4.74 Å². The number of methoxy groups -OCH3 is 1. The topological polar surface area (TPSA) is 81.2 Å². The van der Waals surface area contributed by atoms with Crippen LogP contribution in [0.25, 0.3) is 5.69 Å². The van der Waals surface area contributed by atoms with Gasteiger partial charge in [0.2, 0.25) is 0 Å². The Balaban J connectivity index is 2.67. The van der Waals surface area contributed by atoms with Crippen LogP contribution in [0.2, 0.25) is 5.02 Å². The first-order valence-electron chi connectivity index (χ1n) is 5.97. The third kappa shape index (κ3) is 3.29. The Morgan fingerprint density at radius 1 is 1.26 bits per heavy atom. The van der Waals surface area contributed by atoms with Crippen LogP contribution >= 0.6 is 11.6 Å². The second-order valence-corrected chi connectivity index (χ2v) is 4.72. The summed E-state index contributed by atoms with van der Waals surface area (Å²) in [5.74, 6) is -0.826. The maximum Gasteiger partial charge on any atom is 0.431 e. The van der Waals surface area contributed by atoms with Crippen LogP contribution in [0.15, 0.2) is 33.9 Å². The molecule has 0 fully saturated rings. The van der Waals surface area contributed by atoms with Gasteiger partial charge in [0, 0.05) is 6.07 Å². The Bertz CT molecular complexity index is 855. The average Bonchev–Trinajstić information content (AvgIpc) is 2.46. The second-order valence-electron chi connectivity index (χ2n) is 4.32. The maximum atomic E-state index is 12.6. The van der Waals surface area contributed by atoms with E-state index in [0.29, 0.717) is 4.57 Å². The fraction of sp³-hybridized carbons (Fsp3) is 0.154. The van der Waals surface area contributed by atoms with Gasteiger partial charge >= 0.3 is 17.8 Å². The van der Waals surface area contributed by atoms with Crippen molar-refractivity contribution in [2.75, 3.05) is 7.11 Å². The second kappa shape index (κ2) is 5.92. The zero-order valence-corrected chi connectivity index (χ0v) is 12.2. The number of esters is 1. The molecule has 0 saturated carbocycles. The van der Waals surface area contributed by atoms with Crippen molar-refractivity contribution >= 4 is 17.6 Å². The number of alkyl halides is 3. The number of H-pyrrole nitrogens is 1. The van der Waals surface area contributed by atoms with Gasteiger partial charge in [0.25, 0.3) is 5.56 Å². The minimum Gasteiger partial charge on any atom is -0.465 e. The third-order valence-electron chi connectivity index (χ3n) is 2.85. The van der Waals surface area contributed by atoms with Gasteiger partial charge in [0.15, 0.2) is 0 Å². The molecule has 122 valence electrons. The Kier molecular flexibility index (Phi) is 4.33. The van der Waals surface area contributed by atoms with Crippen LogP contribution in [0.4, 0.5) is 13.2 Å². The average molecular weight is 349 g/mol. The summed E-state index contributed by atoms with van der Waals surface area (Å²) in [5.41, 5.74) is -4.25. The van der Waals surface area contributed by atoms with Crippen LogP contribution in [-0.2, 0) is 10.9 Å². The third-order valence-corrected chi connectivity index (χ3v) is 3.18. The summed E-state index contributed by atoms with van der Waals surface area (Å²) in [6.07, 6.45) is -4.87. The van der Waals surface area contributed by atoms with Gasteiger partial charge in [-0.15, -0.1) is 0 Å². The molecule has 0 aliphatic heterocycles. The highest BCUT2D eigenvalue weighted by atomic mass is 35.5. The highest BCUT2D eigenvalue weighted by Crippen LogP contribution is 2.25. The van der Waals surface area contributed by atoms with Gasteiger partial charge in [0.05, 0.1) is 23.4 Å². The normalized spacial score (nSPS) is 11.3. The van der Waals surface area contributed by atoms with Gasteiger partial charge in [-0.2, -0.15) is 13.2 Å². The Labute approximate surface area is 131 Å². The molecule has 2 rings (SSSR count). The molecule has 1 aromatic carbocycles. The smallest absolute Gasteiger partial charge is 0.431 e. The molecule has 1 aromatic heterocycles. The number of ether oxygens (including phenoxy) is 1. The van der Waals surface area contributed by atoms with Gasteiger partial charge in [-0.3, -0.25) is 4.79 Å². The molecular weight excluding hydrogens is 341 g/mol. The molecule has 0 amide bonds. The van der Waals surface area contributed by atoms with Crippen molar-refractivity contribution in [2.24, 2.45) is 0 Å². The maximum absolute atomic E-state index is 12.6. The Morgan fingerprint density at radius 3 is 2.43 bits per heavy atom. The first kappa shape index (κ1) is 16.8. The predicted octanol–water partition coefficient (Wildman–Crippen LogP) is 1.98. The lowest BCUT2D eigenvalue weighted by Gasteiger charge is -2.10. The van der Waals surface area contributed by atoms with Crippen molar-refractivity contribution in [3.05, 3.63) is 61.4 Å². The first-order chi connectivity index (χ1) is 10.6. The standard InChI is InChI=1S/C13H8ClF3N2O4/c1-23-11(21)7-4-6(2-3-8(7)14)19-10(20)5-9(13(15,16)17)18-12(19)22/h2-5H,1H3,(H,18,22). The van der Waals surface area contributed by atoms with Gasteiger partial charge in [0.1, 0.15) is 5.69 Å². The highest BCUT2D eigenvalue weighted by molar-refractivity contribution is 6.33. The van der Waals surface area contributed by atoms with Crippen LogP contribution < -0.4 is 11.2 Å². The number of aromatic nitrogens is 2. The molecule has 0 unspecified atom stereocenters. The summed E-state index contributed by atoms with van der Waals surface area (Å²) in [6, 6.07) is 3.73.